The van der Waals surface area contributed by atoms with E-state index in [4.69, 9.17) is 6.42 Å². The van der Waals surface area contributed by atoms with Crippen molar-refractivity contribution >= 4 is 23.2 Å². The fourth-order valence-corrected chi connectivity index (χ4v) is 2.24. The molecule has 0 saturated carbocycles. The van der Waals surface area contributed by atoms with E-state index in [1.807, 2.05) is 19.9 Å². The predicted molar refractivity (Wildman–Crippen MR) is 101 cm³/mol. The summed E-state index contributed by atoms with van der Waals surface area (Å²) >= 11 is 0. The summed E-state index contributed by atoms with van der Waals surface area (Å²) in [5.41, 5.74) is 2.63. The molecule has 0 heterocycles. The maximum Gasteiger partial charge on any atom is 0.251 e. The molecule has 2 aromatic carbocycles. The van der Waals surface area contributed by atoms with Crippen LogP contribution in [0.5, 0.6) is 0 Å². The molecule has 2 rings (SSSR count). The van der Waals surface area contributed by atoms with E-state index in [0.717, 1.165) is 5.69 Å². The predicted octanol–water partition coefficient (Wildman–Crippen LogP) is 2.86. The lowest BCUT2D eigenvalue weighted by atomic mass is 10.1. The topological polar surface area (TPSA) is 70.2 Å². The van der Waals surface area contributed by atoms with Crippen molar-refractivity contribution < 1.29 is 9.59 Å². The third-order valence-corrected chi connectivity index (χ3v) is 3.30. The molecule has 0 unspecified atom stereocenters. The number of carbonyl (C=O) groups is 2. The van der Waals surface area contributed by atoms with Crippen LogP contribution in [0.3, 0.4) is 0 Å². The highest BCUT2D eigenvalue weighted by Crippen LogP contribution is 2.12. The lowest BCUT2D eigenvalue weighted by molar-refractivity contribution is -0.115. The fourth-order valence-electron chi connectivity index (χ4n) is 2.24. The molecule has 128 valence electrons. The normalized spacial score (nSPS) is 10.0. The van der Waals surface area contributed by atoms with E-state index in [1.165, 1.54) is 0 Å². The van der Waals surface area contributed by atoms with Crippen molar-refractivity contribution in [2.45, 2.75) is 19.9 Å². The van der Waals surface area contributed by atoms with Crippen molar-refractivity contribution in [1.82, 2.24) is 5.32 Å². The lowest BCUT2D eigenvalue weighted by Gasteiger charge is -2.11. The van der Waals surface area contributed by atoms with Gasteiger partial charge in [-0.25, -0.2) is 0 Å². The fraction of sp³-hybridized carbons (Fsp3) is 0.200. The average molecular weight is 335 g/mol. The van der Waals surface area contributed by atoms with Gasteiger partial charge in [-0.2, -0.15) is 0 Å². The molecule has 0 aliphatic carbocycles. The van der Waals surface area contributed by atoms with Crippen LogP contribution in [0.4, 0.5) is 11.4 Å². The molecule has 0 bridgehead atoms. The first-order valence-electron chi connectivity index (χ1n) is 7.99. The Labute approximate surface area is 147 Å². The van der Waals surface area contributed by atoms with Gasteiger partial charge in [0, 0.05) is 28.5 Å². The monoisotopic (exact) mass is 335 g/mol. The van der Waals surface area contributed by atoms with Crippen LogP contribution >= 0.6 is 0 Å². The molecule has 0 fully saturated rings. The molecule has 5 heteroatoms. The minimum atomic E-state index is -0.320. The molecule has 0 atom stereocenters. The highest BCUT2D eigenvalue weighted by atomic mass is 16.2. The van der Waals surface area contributed by atoms with Crippen molar-refractivity contribution in [3.63, 3.8) is 0 Å². The first-order chi connectivity index (χ1) is 12.0. The van der Waals surface area contributed by atoms with Gasteiger partial charge in [-0.05, 0) is 50.2 Å². The standard InChI is InChI=1S/C20H21N3O2/c1-4-15-7-5-9-17(11-15)23-19(24)13-21-20(25)16-8-6-10-18(12-16)22-14(2)3/h1,5-12,14,22H,13H2,2-3H3,(H,21,25)(H,23,24). The summed E-state index contributed by atoms with van der Waals surface area (Å²) in [5, 5.41) is 8.54. The van der Waals surface area contributed by atoms with Gasteiger partial charge in [0.05, 0.1) is 6.54 Å². The van der Waals surface area contributed by atoms with Crippen molar-refractivity contribution in [1.29, 1.82) is 0 Å². The molecular weight excluding hydrogens is 314 g/mol. The third kappa shape index (κ3) is 5.70. The Hall–Kier alpha value is -3.26. The van der Waals surface area contributed by atoms with Crippen LogP contribution in [0.1, 0.15) is 29.8 Å². The number of carbonyl (C=O) groups excluding carboxylic acids is 2. The van der Waals surface area contributed by atoms with Crippen LogP contribution in [0.2, 0.25) is 0 Å². The van der Waals surface area contributed by atoms with E-state index in [0.29, 0.717) is 16.8 Å². The molecule has 0 spiro atoms. The number of terminal acetylenes is 1. The van der Waals surface area contributed by atoms with E-state index in [9.17, 15) is 9.59 Å². The Morgan fingerprint density at radius 1 is 1.08 bits per heavy atom. The minimum Gasteiger partial charge on any atom is -0.383 e. The molecule has 0 saturated heterocycles. The zero-order valence-corrected chi connectivity index (χ0v) is 14.3. The van der Waals surface area contributed by atoms with Crippen molar-refractivity contribution in [3.05, 3.63) is 59.7 Å². The van der Waals surface area contributed by atoms with Crippen LogP contribution in [0, 0.1) is 12.3 Å². The van der Waals surface area contributed by atoms with E-state index in [2.05, 4.69) is 21.9 Å². The smallest absolute Gasteiger partial charge is 0.251 e. The number of hydrogen-bond acceptors (Lipinski definition) is 3. The van der Waals surface area contributed by atoms with Gasteiger partial charge in [-0.1, -0.05) is 18.1 Å². The Morgan fingerprint density at radius 2 is 1.80 bits per heavy atom. The van der Waals surface area contributed by atoms with Crippen molar-refractivity contribution in [3.8, 4) is 12.3 Å². The van der Waals surface area contributed by atoms with Gasteiger partial charge in [0.1, 0.15) is 0 Å². The minimum absolute atomic E-state index is 0.124. The first kappa shape index (κ1) is 18.1. The summed E-state index contributed by atoms with van der Waals surface area (Å²) in [4.78, 5) is 24.2. The highest BCUT2D eigenvalue weighted by Gasteiger charge is 2.09. The second-order valence-corrected chi connectivity index (χ2v) is 5.84. The molecule has 0 aliphatic rings. The number of anilines is 2. The first-order valence-corrected chi connectivity index (χ1v) is 7.99. The summed E-state index contributed by atoms with van der Waals surface area (Å²) in [5.74, 6) is 1.88. The zero-order chi connectivity index (χ0) is 18.2. The Kier molecular flexibility index (Phi) is 6.19. The molecule has 0 aromatic heterocycles. The molecule has 5 nitrogen and oxygen atoms in total. The number of nitrogens with one attached hydrogen (secondary N) is 3. The molecule has 3 N–H and O–H groups in total. The maximum atomic E-state index is 12.2. The van der Waals surface area contributed by atoms with E-state index in [-0.39, 0.29) is 24.4 Å². The van der Waals surface area contributed by atoms with E-state index in [1.54, 1.807) is 42.5 Å². The van der Waals surface area contributed by atoms with E-state index >= 15 is 0 Å². The van der Waals surface area contributed by atoms with Gasteiger partial charge >= 0.3 is 0 Å². The second kappa shape index (κ2) is 8.55. The number of hydrogen-bond donors (Lipinski definition) is 3. The summed E-state index contributed by atoms with van der Waals surface area (Å²) in [6.45, 7) is 3.92. The van der Waals surface area contributed by atoms with Crippen LogP contribution in [-0.4, -0.2) is 24.4 Å². The average Bonchev–Trinajstić information content (AvgIpc) is 2.59. The molecule has 0 aliphatic heterocycles. The van der Waals surface area contributed by atoms with E-state index < -0.39 is 0 Å². The largest absolute Gasteiger partial charge is 0.383 e. The third-order valence-electron chi connectivity index (χ3n) is 3.30. The molecular formula is C20H21N3O2. The summed E-state index contributed by atoms with van der Waals surface area (Å²) in [6, 6.07) is 14.4. The van der Waals surface area contributed by atoms with Crippen molar-refractivity contribution in [2.75, 3.05) is 17.2 Å². The van der Waals surface area contributed by atoms with Gasteiger partial charge < -0.3 is 16.0 Å². The molecule has 0 radical (unpaired) electrons. The second-order valence-electron chi connectivity index (χ2n) is 5.84. The SMILES string of the molecule is C#Cc1cccc(NC(=O)CNC(=O)c2cccc(NC(C)C)c2)c1. The summed E-state index contributed by atoms with van der Waals surface area (Å²) in [7, 11) is 0. The maximum absolute atomic E-state index is 12.2. The highest BCUT2D eigenvalue weighted by molar-refractivity contribution is 5.99. The van der Waals surface area contributed by atoms with Crippen LogP contribution < -0.4 is 16.0 Å². The summed E-state index contributed by atoms with van der Waals surface area (Å²) < 4.78 is 0. The van der Waals surface area contributed by atoms with Gasteiger partial charge in [0.2, 0.25) is 5.91 Å². The number of amides is 2. The molecule has 2 aromatic rings. The van der Waals surface area contributed by atoms with Gasteiger partial charge in [-0.3, -0.25) is 9.59 Å². The Balaban J connectivity index is 1.91. The lowest BCUT2D eigenvalue weighted by Crippen LogP contribution is -2.32. The van der Waals surface area contributed by atoms with Crippen molar-refractivity contribution in [2.24, 2.45) is 0 Å². The molecule has 25 heavy (non-hydrogen) atoms. The van der Waals surface area contributed by atoms with Gasteiger partial charge in [0.15, 0.2) is 0 Å². The number of rotatable bonds is 6. The Bertz CT molecular complexity index is 807. The zero-order valence-electron chi connectivity index (χ0n) is 14.3. The molecule has 2 amide bonds. The van der Waals surface area contributed by atoms with Crippen LogP contribution in [-0.2, 0) is 4.79 Å². The number of benzene rings is 2. The Morgan fingerprint density at radius 3 is 2.52 bits per heavy atom. The van der Waals surface area contributed by atoms with Gasteiger partial charge in [-0.15, -0.1) is 6.42 Å². The quantitative estimate of drug-likeness (QED) is 0.711. The summed E-state index contributed by atoms with van der Waals surface area (Å²) in [6.07, 6.45) is 5.33. The van der Waals surface area contributed by atoms with Crippen LogP contribution in [0.15, 0.2) is 48.5 Å². The van der Waals surface area contributed by atoms with Crippen LogP contribution in [0.25, 0.3) is 0 Å². The van der Waals surface area contributed by atoms with Gasteiger partial charge in [0.25, 0.3) is 5.91 Å².